The van der Waals surface area contributed by atoms with Gasteiger partial charge in [0.05, 0.1) is 18.1 Å². The summed E-state index contributed by atoms with van der Waals surface area (Å²) in [7, 11) is 0. The monoisotopic (exact) mass is 206 g/mol. The van der Waals surface area contributed by atoms with Crippen molar-refractivity contribution in [2.75, 3.05) is 0 Å². The highest BCUT2D eigenvalue weighted by atomic mass is 32.1. The van der Waals surface area contributed by atoms with Crippen LogP contribution in [0.4, 0.5) is 4.39 Å². The van der Waals surface area contributed by atoms with E-state index in [9.17, 15) is 4.39 Å². The average Bonchev–Trinajstić information content (AvgIpc) is 2.18. The first-order valence-corrected chi connectivity index (χ1v) is 4.47. The van der Waals surface area contributed by atoms with Gasteiger partial charge in [0.25, 0.3) is 0 Å². The zero-order valence-electron chi connectivity index (χ0n) is 7.20. The molecule has 2 rings (SSSR count). The van der Waals surface area contributed by atoms with Gasteiger partial charge in [-0.15, -0.1) is 0 Å². The molecular weight excluding hydrogens is 199 g/mol. The molecule has 1 N–H and O–H groups in total. The molecule has 0 saturated carbocycles. The number of halogens is 1. The number of benzene rings is 1. The number of hydrogen-bond donors (Lipinski definition) is 1. The van der Waals surface area contributed by atoms with Crippen LogP contribution in [0.2, 0.25) is 0 Å². The van der Waals surface area contributed by atoms with Crippen molar-refractivity contribution in [3.63, 3.8) is 0 Å². The van der Waals surface area contributed by atoms with Gasteiger partial charge in [-0.25, -0.2) is 4.39 Å². The van der Waals surface area contributed by atoms with Gasteiger partial charge in [-0.05, 0) is 12.1 Å². The average molecular weight is 206 g/mol. The molecule has 0 aliphatic heterocycles. The number of nitrogens with one attached hydrogen (secondary N) is 1. The van der Waals surface area contributed by atoms with E-state index in [0.717, 1.165) is 0 Å². The summed E-state index contributed by atoms with van der Waals surface area (Å²) in [4.78, 5) is 6.78. The molecule has 4 heteroatoms. The summed E-state index contributed by atoms with van der Waals surface area (Å²) in [6.07, 6.45) is 3.06. The molecule has 0 aliphatic carbocycles. The maximum atomic E-state index is 13.3. The molecule has 0 unspecified atom stereocenters. The summed E-state index contributed by atoms with van der Waals surface area (Å²) >= 11 is 4.90. The fraction of sp³-hybridized carbons (Fsp3) is 0. The van der Waals surface area contributed by atoms with Crippen LogP contribution in [0.15, 0.2) is 36.7 Å². The third-order valence-corrected chi connectivity index (χ3v) is 2.02. The second kappa shape index (κ2) is 3.67. The SMILES string of the molecule is Fc1ccccc1-c1cncc(=S)[nH]1. The molecule has 70 valence electrons. The second-order valence-corrected chi connectivity index (χ2v) is 3.23. The van der Waals surface area contributed by atoms with E-state index in [1.54, 1.807) is 24.4 Å². The van der Waals surface area contributed by atoms with Gasteiger partial charge in [0, 0.05) is 5.56 Å². The number of H-pyrrole nitrogens is 1. The molecule has 0 radical (unpaired) electrons. The third-order valence-electron chi connectivity index (χ3n) is 1.82. The molecule has 14 heavy (non-hydrogen) atoms. The van der Waals surface area contributed by atoms with Gasteiger partial charge in [0.2, 0.25) is 0 Å². The Labute approximate surface area is 85.5 Å². The lowest BCUT2D eigenvalue weighted by Gasteiger charge is -2.01. The van der Waals surface area contributed by atoms with E-state index in [1.165, 1.54) is 12.3 Å². The first-order chi connectivity index (χ1) is 6.77. The van der Waals surface area contributed by atoms with Crippen molar-refractivity contribution >= 4 is 12.2 Å². The van der Waals surface area contributed by atoms with Crippen LogP contribution in [-0.2, 0) is 0 Å². The van der Waals surface area contributed by atoms with Crippen molar-refractivity contribution < 1.29 is 4.39 Å². The van der Waals surface area contributed by atoms with Crippen molar-refractivity contribution in [2.24, 2.45) is 0 Å². The summed E-state index contributed by atoms with van der Waals surface area (Å²) in [6, 6.07) is 6.49. The molecule has 0 fully saturated rings. The van der Waals surface area contributed by atoms with Gasteiger partial charge in [-0.3, -0.25) is 4.98 Å². The summed E-state index contributed by atoms with van der Waals surface area (Å²) in [5.41, 5.74) is 1.07. The standard InChI is InChI=1S/C10H7FN2S/c11-8-4-2-1-3-7(8)9-5-12-6-10(14)13-9/h1-6H,(H,13,14). The molecule has 2 aromatic rings. The normalized spacial score (nSPS) is 10.1. The summed E-state index contributed by atoms with van der Waals surface area (Å²) in [5.74, 6) is -0.286. The highest BCUT2D eigenvalue weighted by molar-refractivity contribution is 7.71. The molecular formula is C10H7FN2S. The highest BCUT2D eigenvalue weighted by Crippen LogP contribution is 2.18. The molecule has 0 saturated heterocycles. The van der Waals surface area contributed by atoms with Crippen LogP contribution in [0, 0.1) is 10.5 Å². The third kappa shape index (κ3) is 1.70. The van der Waals surface area contributed by atoms with E-state index in [0.29, 0.717) is 15.9 Å². The van der Waals surface area contributed by atoms with Gasteiger partial charge < -0.3 is 4.98 Å². The molecule has 0 bridgehead atoms. The van der Waals surface area contributed by atoms with Crippen LogP contribution >= 0.6 is 12.2 Å². The summed E-state index contributed by atoms with van der Waals surface area (Å²) < 4.78 is 13.8. The van der Waals surface area contributed by atoms with E-state index >= 15 is 0 Å². The van der Waals surface area contributed by atoms with Crippen LogP contribution in [0.3, 0.4) is 0 Å². The number of hydrogen-bond acceptors (Lipinski definition) is 2. The molecule has 1 aromatic heterocycles. The van der Waals surface area contributed by atoms with Gasteiger partial charge in [0.15, 0.2) is 0 Å². The molecule has 0 amide bonds. The molecule has 2 nitrogen and oxygen atoms in total. The van der Waals surface area contributed by atoms with Crippen molar-refractivity contribution in [3.05, 3.63) is 47.1 Å². The largest absolute Gasteiger partial charge is 0.343 e. The number of aromatic nitrogens is 2. The Kier molecular flexibility index (Phi) is 2.37. The van der Waals surface area contributed by atoms with Crippen LogP contribution < -0.4 is 0 Å². The van der Waals surface area contributed by atoms with Crippen LogP contribution in [0.5, 0.6) is 0 Å². The van der Waals surface area contributed by atoms with Gasteiger partial charge in [-0.1, -0.05) is 24.4 Å². The Morgan fingerprint density at radius 3 is 2.71 bits per heavy atom. The smallest absolute Gasteiger partial charge is 0.132 e. The minimum atomic E-state index is -0.286. The zero-order chi connectivity index (χ0) is 9.97. The Bertz CT molecular complexity index is 507. The Morgan fingerprint density at radius 1 is 1.21 bits per heavy atom. The van der Waals surface area contributed by atoms with E-state index in [1.807, 2.05) is 0 Å². The first-order valence-electron chi connectivity index (χ1n) is 4.06. The topological polar surface area (TPSA) is 28.7 Å². The molecule has 0 atom stereocenters. The number of nitrogens with zero attached hydrogens (tertiary/aromatic N) is 1. The lowest BCUT2D eigenvalue weighted by atomic mass is 10.1. The predicted molar refractivity (Wildman–Crippen MR) is 54.8 cm³/mol. The molecule has 0 aliphatic rings. The van der Waals surface area contributed by atoms with Gasteiger partial charge in [-0.2, -0.15) is 0 Å². The molecule has 1 heterocycles. The van der Waals surface area contributed by atoms with E-state index in [2.05, 4.69) is 9.97 Å². The van der Waals surface area contributed by atoms with Crippen LogP contribution in [-0.4, -0.2) is 9.97 Å². The molecule has 0 spiro atoms. The predicted octanol–water partition coefficient (Wildman–Crippen LogP) is 2.95. The number of rotatable bonds is 1. The van der Waals surface area contributed by atoms with Gasteiger partial charge >= 0.3 is 0 Å². The fourth-order valence-electron chi connectivity index (χ4n) is 1.19. The quantitative estimate of drug-likeness (QED) is 0.727. The maximum Gasteiger partial charge on any atom is 0.132 e. The van der Waals surface area contributed by atoms with E-state index in [4.69, 9.17) is 12.2 Å². The first kappa shape index (κ1) is 9.02. The second-order valence-electron chi connectivity index (χ2n) is 2.79. The van der Waals surface area contributed by atoms with Crippen molar-refractivity contribution in [1.29, 1.82) is 0 Å². The zero-order valence-corrected chi connectivity index (χ0v) is 8.01. The van der Waals surface area contributed by atoms with Crippen molar-refractivity contribution in [2.45, 2.75) is 0 Å². The van der Waals surface area contributed by atoms with Crippen LogP contribution in [0.25, 0.3) is 11.3 Å². The van der Waals surface area contributed by atoms with Gasteiger partial charge in [0.1, 0.15) is 10.5 Å². The van der Waals surface area contributed by atoms with Crippen molar-refractivity contribution in [1.82, 2.24) is 9.97 Å². The lowest BCUT2D eigenvalue weighted by molar-refractivity contribution is 0.630. The van der Waals surface area contributed by atoms with Crippen LogP contribution in [0.1, 0.15) is 0 Å². The minimum absolute atomic E-state index is 0.286. The van der Waals surface area contributed by atoms with E-state index in [-0.39, 0.29) is 5.82 Å². The summed E-state index contributed by atoms with van der Waals surface area (Å²) in [6.45, 7) is 0. The Hall–Kier alpha value is -1.55. The summed E-state index contributed by atoms with van der Waals surface area (Å²) in [5, 5.41) is 0. The Morgan fingerprint density at radius 2 is 2.00 bits per heavy atom. The fourth-order valence-corrected chi connectivity index (χ4v) is 1.36. The highest BCUT2D eigenvalue weighted by Gasteiger charge is 2.03. The maximum absolute atomic E-state index is 13.3. The number of aromatic amines is 1. The minimum Gasteiger partial charge on any atom is -0.343 e. The Balaban J connectivity index is 2.61. The van der Waals surface area contributed by atoms with Crippen molar-refractivity contribution in [3.8, 4) is 11.3 Å². The molecule has 1 aromatic carbocycles. The van der Waals surface area contributed by atoms with E-state index < -0.39 is 0 Å². The lowest BCUT2D eigenvalue weighted by Crippen LogP contribution is -1.88.